The highest BCUT2D eigenvalue weighted by Gasteiger charge is 2.20. The summed E-state index contributed by atoms with van der Waals surface area (Å²) in [5.41, 5.74) is 3.95. The molecule has 0 aliphatic carbocycles. The number of aryl methyl sites for hydroxylation is 1. The number of benzene rings is 2. The molecule has 0 amide bonds. The Labute approximate surface area is 193 Å². The number of aromatic nitrogens is 2. The third-order valence-electron chi connectivity index (χ3n) is 5.87. The Morgan fingerprint density at radius 2 is 1.61 bits per heavy atom. The third-order valence-corrected chi connectivity index (χ3v) is 5.87. The van der Waals surface area contributed by atoms with Crippen molar-refractivity contribution in [3.63, 3.8) is 0 Å². The largest absolute Gasteiger partial charge is 0.493 e. The van der Waals surface area contributed by atoms with Crippen molar-refractivity contribution in [2.45, 2.75) is 12.8 Å². The SMILES string of the molecule is COc1ccc(N2CCN(c3cc(-c4ccc(CCC(=O)O)cc4)ncn3)CC2)cc1OC. The summed E-state index contributed by atoms with van der Waals surface area (Å²) in [6, 6.07) is 15.9. The minimum Gasteiger partial charge on any atom is -0.493 e. The number of piperazine rings is 1. The summed E-state index contributed by atoms with van der Waals surface area (Å²) in [7, 11) is 3.29. The maximum absolute atomic E-state index is 10.8. The Morgan fingerprint density at radius 3 is 2.27 bits per heavy atom. The molecule has 2 aromatic carbocycles. The summed E-state index contributed by atoms with van der Waals surface area (Å²) in [6.45, 7) is 3.43. The van der Waals surface area contributed by atoms with E-state index in [1.54, 1.807) is 20.5 Å². The molecule has 0 saturated carbocycles. The van der Waals surface area contributed by atoms with Gasteiger partial charge in [-0.2, -0.15) is 0 Å². The zero-order valence-electron chi connectivity index (χ0n) is 18.9. The lowest BCUT2D eigenvalue weighted by atomic mass is 10.1. The summed E-state index contributed by atoms with van der Waals surface area (Å²) < 4.78 is 10.8. The van der Waals surface area contributed by atoms with Gasteiger partial charge in [0.05, 0.1) is 19.9 Å². The molecule has 0 unspecified atom stereocenters. The minimum absolute atomic E-state index is 0.131. The summed E-state index contributed by atoms with van der Waals surface area (Å²) in [4.78, 5) is 24.3. The second-order valence-electron chi connectivity index (χ2n) is 7.87. The van der Waals surface area contributed by atoms with Crippen LogP contribution in [0.25, 0.3) is 11.3 Å². The predicted octanol–water partition coefficient (Wildman–Crippen LogP) is 3.50. The third kappa shape index (κ3) is 5.34. The zero-order valence-corrected chi connectivity index (χ0v) is 18.9. The van der Waals surface area contributed by atoms with E-state index >= 15 is 0 Å². The smallest absolute Gasteiger partial charge is 0.303 e. The van der Waals surface area contributed by atoms with Gasteiger partial charge in [-0.15, -0.1) is 0 Å². The van der Waals surface area contributed by atoms with Crippen LogP contribution in [0.4, 0.5) is 11.5 Å². The van der Waals surface area contributed by atoms with Gasteiger partial charge in [0.2, 0.25) is 0 Å². The van der Waals surface area contributed by atoms with Gasteiger partial charge in [0.15, 0.2) is 11.5 Å². The summed E-state index contributed by atoms with van der Waals surface area (Å²) in [5, 5.41) is 8.85. The predicted molar refractivity (Wildman–Crippen MR) is 127 cm³/mol. The van der Waals surface area contributed by atoms with Crippen molar-refractivity contribution in [2.24, 2.45) is 0 Å². The number of carbonyl (C=O) groups is 1. The highest BCUT2D eigenvalue weighted by molar-refractivity contribution is 5.67. The van der Waals surface area contributed by atoms with Crippen LogP contribution in [0, 0.1) is 0 Å². The van der Waals surface area contributed by atoms with Crippen LogP contribution in [0.5, 0.6) is 11.5 Å². The molecule has 172 valence electrons. The van der Waals surface area contributed by atoms with Crippen molar-refractivity contribution >= 4 is 17.5 Å². The normalized spacial score (nSPS) is 13.6. The van der Waals surface area contributed by atoms with E-state index < -0.39 is 5.97 Å². The van der Waals surface area contributed by atoms with Gasteiger partial charge in [-0.3, -0.25) is 4.79 Å². The molecule has 2 heterocycles. The van der Waals surface area contributed by atoms with E-state index in [-0.39, 0.29) is 6.42 Å². The van der Waals surface area contributed by atoms with Gasteiger partial charge in [-0.25, -0.2) is 9.97 Å². The number of anilines is 2. The van der Waals surface area contributed by atoms with Gasteiger partial charge in [-0.05, 0) is 24.1 Å². The minimum atomic E-state index is -0.786. The first-order valence-electron chi connectivity index (χ1n) is 10.9. The molecule has 4 rings (SSSR count). The number of nitrogens with zero attached hydrogens (tertiary/aromatic N) is 4. The van der Waals surface area contributed by atoms with Crippen LogP contribution in [0.2, 0.25) is 0 Å². The van der Waals surface area contributed by atoms with Crippen LogP contribution < -0.4 is 19.3 Å². The number of aliphatic carboxylic acids is 1. The number of hydrogen-bond donors (Lipinski definition) is 1. The number of carboxylic acid groups (broad SMARTS) is 1. The molecule has 1 saturated heterocycles. The quantitative estimate of drug-likeness (QED) is 0.560. The Bertz CT molecular complexity index is 1100. The molecule has 0 bridgehead atoms. The van der Waals surface area contributed by atoms with Crippen LogP contribution >= 0.6 is 0 Å². The molecule has 1 aliphatic heterocycles. The molecule has 8 heteroatoms. The fourth-order valence-corrected chi connectivity index (χ4v) is 3.99. The summed E-state index contributed by atoms with van der Waals surface area (Å²) in [5.74, 6) is 1.57. The van der Waals surface area contributed by atoms with E-state index in [1.807, 2.05) is 42.5 Å². The molecular formula is C25H28N4O4. The highest BCUT2D eigenvalue weighted by atomic mass is 16.5. The van der Waals surface area contributed by atoms with E-state index in [4.69, 9.17) is 14.6 Å². The van der Waals surface area contributed by atoms with Gasteiger partial charge >= 0.3 is 5.97 Å². The lowest BCUT2D eigenvalue weighted by Gasteiger charge is -2.37. The molecule has 3 aromatic rings. The van der Waals surface area contributed by atoms with E-state index in [9.17, 15) is 4.79 Å². The Kier molecular flexibility index (Phi) is 6.92. The molecule has 33 heavy (non-hydrogen) atoms. The van der Waals surface area contributed by atoms with Crippen LogP contribution in [0.3, 0.4) is 0 Å². The van der Waals surface area contributed by atoms with E-state index in [1.165, 1.54) is 0 Å². The number of hydrogen-bond acceptors (Lipinski definition) is 7. The molecule has 0 radical (unpaired) electrons. The Balaban J connectivity index is 1.41. The number of rotatable bonds is 8. The average molecular weight is 449 g/mol. The van der Waals surface area contributed by atoms with E-state index in [2.05, 4.69) is 25.8 Å². The second-order valence-corrected chi connectivity index (χ2v) is 7.87. The van der Waals surface area contributed by atoms with Gasteiger partial charge < -0.3 is 24.4 Å². The fraction of sp³-hybridized carbons (Fsp3) is 0.320. The first-order chi connectivity index (χ1) is 16.1. The summed E-state index contributed by atoms with van der Waals surface area (Å²) >= 11 is 0. The maximum atomic E-state index is 10.8. The maximum Gasteiger partial charge on any atom is 0.303 e. The number of carboxylic acids is 1. The van der Waals surface area contributed by atoms with Crippen LogP contribution in [-0.4, -0.2) is 61.4 Å². The van der Waals surface area contributed by atoms with Gasteiger partial charge in [-0.1, -0.05) is 24.3 Å². The van der Waals surface area contributed by atoms with E-state index in [0.717, 1.165) is 66.0 Å². The Hall–Kier alpha value is -3.81. The molecule has 1 aliphatic rings. The van der Waals surface area contributed by atoms with Gasteiger partial charge in [0.1, 0.15) is 12.1 Å². The molecule has 0 atom stereocenters. The van der Waals surface area contributed by atoms with Crippen molar-refractivity contribution in [3.05, 3.63) is 60.4 Å². The average Bonchev–Trinajstić information content (AvgIpc) is 2.87. The van der Waals surface area contributed by atoms with E-state index in [0.29, 0.717) is 6.42 Å². The molecule has 1 fully saturated rings. The van der Waals surface area contributed by atoms with Crippen LogP contribution in [-0.2, 0) is 11.2 Å². The molecule has 8 nitrogen and oxygen atoms in total. The molecular weight excluding hydrogens is 420 g/mol. The lowest BCUT2D eigenvalue weighted by Crippen LogP contribution is -2.46. The standard InChI is InChI=1S/C25H28N4O4/c1-32-22-9-8-20(15-23(22)33-2)28-11-13-29(14-12-28)24-16-21(26-17-27-24)19-6-3-18(4-7-19)5-10-25(30)31/h3-4,6-9,15-17H,5,10-14H2,1-2H3,(H,30,31). The van der Waals surface area contributed by atoms with Crippen molar-refractivity contribution in [1.29, 1.82) is 0 Å². The van der Waals surface area contributed by atoms with Crippen molar-refractivity contribution in [3.8, 4) is 22.8 Å². The van der Waals surface area contributed by atoms with Crippen LogP contribution in [0.15, 0.2) is 54.9 Å². The molecule has 1 N–H and O–H groups in total. The zero-order chi connectivity index (χ0) is 23.2. The van der Waals surface area contributed by atoms with Crippen molar-refractivity contribution in [2.75, 3.05) is 50.2 Å². The van der Waals surface area contributed by atoms with Gasteiger partial charge in [0.25, 0.3) is 0 Å². The van der Waals surface area contributed by atoms with Crippen molar-refractivity contribution in [1.82, 2.24) is 9.97 Å². The molecule has 1 aromatic heterocycles. The first-order valence-corrected chi connectivity index (χ1v) is 10.9. The first kappa shape index (κ1) is 22.4. The van der Waals surface area contributed by atoms with Gasteiger partial charge in [0, 0.05) is 56.0 Å². The second kappa shape index (κ2) is 10.2. The Morgan fingerprint density at radius 1 is 0.909 bits per heavy atom. The summed E-state index contributed by atoms with van der Waals surface area (Å²) in [6.07, 6.45) is 2.25. The number of ether oxygens (including phenoxy) is 2. The monoisotopic (exact) mass is 448 g/mol. The molecule has 0 spiro atoms. The highest BCUT2D eigenvalue weighted by Crippen LogP contribution is 2.32. The van der Waals surface area contributed by atoms with Crippen molar-refractivity contribution < 1.29 is 19.4 Å². The van der Waals surface area contributed by atoms with Crippen LogP contribution in [0.1, 0.15) is 12.0 Å². The fourth-order valence-electron chi connectivity index (χ4n) is 3.99. The lowest BCUT2D eigenvalue weighted by molar-refractivity contribution is -0.136. The topological polar surface area (TPSA) is 88.0 Å². The number of methoxy groups -OCH3 is 2.